The van der Waals surface area contributed by atoms with Gasteiger partial charge < -0.3 is 5.11 Å². The van der Waals surface area contributed by atoms with E-state index in [0.717, 1.165) is 23.1 Å². The molecule has 0 aliphatic rings. The van der Waals surface area contributed by atoms with Gasteiger partial charge in [-0.1, -0.05) is 19.9 Å². The van der Waals surface area contributed by atoms with E-state index in [1.165, 1.54) is 10.3 Å². The monoisotopic (exact) mass is 206 g/mol. The van der Waals surface area contributed by atoms with Crippen molar-refractivity contribution in [3.63, 3.8) is 0 Å². The van der Waals surface area contributed by atoms with Gasteiger partial charge in [-0.15, -0.1) is 11.3 Å². The number of thiophene rings is 1. The lowest BCUT2D eigenvalue weighted by Crippen LogP contribution is -1.77. The molecule has 0 saturated carbocycles. The van der Waals surface area contributed by atoms with Crippen molar-refractivity contribution in [3.05, 3.63) is 28.6 Å². The van der Waals surface area contributed by atoms with Crippen LogP contribution in [0.5, 0.6) is 5.75 Å². The summed E-state index contributed by atoms with van der Waals surface area (Å²) in [6.45, 7) is 4.20. The number of benzene rings is 1. The zero-order chi connectivity index (χ0) is 10.1. The van der Waals surface area contributed by atoms with E-state index in [1.54, 1.807) is 11.3 Å². The minimum absolute atomic E-state index is 0.489. The van der Waals surface area contributed by atoms with Gasteiger partial charge in [0.15, 0.2) is 0 Å². The molecule has 1 nitrogen and oxygen atoms in total. The van der Waals surface area contributed by atoms with Crippen LogP contribution >= 0.6 is 11.3 Å². The fraction of sp³-hybridized carbons (Fsp3) is 0.333. The van der Waals surface area contributed by atoms with E-state index in [-0.39, 0.29) is 0 Å². The topological polar surface area (TPSA) is 20.2 Å². The molecule has 1 aromatic carbocycles. The number of fused-ring (bicyclic) bond motifs is 1. The maximum Gasteiger partial charge on any atom is 0.137 e. The van der Waals surface area contributed by atoms with Crippen LogP contribution in [0.3, 0.4) is 0 Å². The summed E-state index contributed by atoms with van der Waals surface area (Å²) in [6.07, 6.45) is 1.93. The third kappa shape index (κ3) is 1.40. The van der Waals surface area contributed by atoms with Crippen molar-refractivity contribution in [1.82, 2.24) is 0 Å². The second-order valence-corrected chi connectivity index (χ2v) is 4.55. The van der Waals surface area contributed by atoms with Crippen LogP contribution < -0.4 is 0 Å². The van der Waals surface area contributed by atoms with Crippen molar-refractivity contribution in [3.8, 4) is 5.75 Å². The fourth-order valence-corrected chi connectivity index (χ4v) is 2.66. The Morgan fingerprint density at radius 1 is 1.21 bits per heavy atom. The van der Waals surface area contributed by atoms with Crippen LogP contribution in [0.15, 0.2) is 18.2 Å². The molecular formula is C12H14OS. The average molecular weight is 206 g/mol. The molecule has 0 bridgehead atoms. The predicted octanol–water partition coefficient (Wildman–Crippen LogP) is 3.73. The third-order valence-corrected chi connectivity index (χ3v) is 3.83. The third-order valence-electron chi connectivity index (χ3n) is 2.53. The van der Waals surface area contributed by atoms with Gasteiger partial charge in [0.25, 0.3) is 0 Å². The SMILES string of the molecule is CCc1ccc2sc(CC)c(O)c2c1. The van der Waals surface area contributed by atoms with E-state index in [9.17, 15) is 5.11 Å². The average Bonchev–Trinajstić information content (AvgIpc) is 2.55. The van der Waals surface area contributed by atoms with Crippen molar-refractivity contribution in [2.45, 2.75) is 26.7 Å². The molecule has 0 unspecified atom stereocenters. The largest absolute Gasteiger partial charge is 0.506 e. The molecule has 1 aromatic heterocycles. The summed E-state index contributed by atoms with van der Waals surface area (Å²) in [5.41, 5.74) is 1.29. The molecule has 1 N–H and O–H groups in total. The summed E-state index contributed by atoms with van der Waals surface area (Å²) in [6, 6.07) is 6.34. The Morgan fingerprint density at radius 2 is 2.00 bits per heavy atom. The molecule has 74 valence electrons. The van der Waals surface area contributed by atoms with Gasteiger partial charge in [-0.05, 0) is 30.5 Å². The van der Waals surface area contributed by atoms with Crippen LogP contribution in [-0.4, -0.2) is 5.11 Å². The van der Waals surface area contributed by atoms with Crippen molar-refractivity contribution in [2.24, 2.45) is 0 Å². The van der Waals surface area contributed by atoms with E-state index >= 15 is 0 Å². The Kier molecular flexibility index (Phi) is 2.46. The number of hydrogen-bond donors (Lipinski definition) is 1. The number of aryl methyl sites for hydroxylation is 2. The van der Waals surface area contributed by atoms with Crippen LogP contribution in [0.25, 0.3) is 10.1 Å². The lowest BCUT2D eigenvalue weighted by Gasteiger charge is -1.96. The normalized spacial score (nSPS) is 11.0. The smallest absolute Gasteiger partial charge is 0.137 e. The van der Waals surface area contributed by atoms with Gasteiger partial charge in [0.2, 0.25) is 0 Å². The Labute approximate surface area is 88.0 Å². The molecule has 2 aromatic rings. The molecule has 0 aliphatic heterocycles. The van der Waals surface area contributed by atoms with Gasteiger partial charge in [0.1, 0.15) is 5.75 Å². The van der Waals surface area contributed by atoms with Crippen molar-refractivity contribution in [1.29, 1.82) is 0 Å². The number of rotatable bonds is 2. The van der Waals surface area contributed by atoms with Gasteiger partial charge in [0, 0.05) is 15.0 Å². The van der Waals surface area contributed by atoms with Crippen LogP contribution in [0.2, 0.25) is 0 Å². The summed E-state index contributed by atoms with van der Waals surface area (Å²) >= 11 is 1.69. The second kappa shape index (κ2) is 3.62. The van der Waals surface area contributed by atoms with Crippen molar-refractivity contribution < 1.29 is 5.11 Å². The minimum Gasteiger partial charge on any atom is -0.506 e. The minimum atomic E-state index is 0.489. The van der Waals surface area contributed by atoms with Gasteiger partial charge in [-0.3, -0.25) is 0 Å². The highest BCUT2D eigenvalue weighted by atomic mass is 32.1. The molecule has 2 rings (SSSR count). The summed E-state index contributed by atoms with van der Waals surface area (Å²) in [4.78, 5) is 1.09. The maximum absolute atomic E-state index is 9.92. The van der Waals surface area contributed by atoms with Gasteiger partial charge in [0.05, 0.1) is 0 Å². The maximum atomic E-state index is 9.92. The molecule has 2 heteroatoms. The van der Waals surface area contributed by atoms with Crippen molar-refractivity contribution >= 4 is 21.4 Å². The Balaban J connectivity index is 2.68. The predicted molar refractivity (Wildman–Crippen MR) is 62.2 cm³/mol. The summed E-state index contributed by atoms with van der Waals surface area (Å²) in [5, 5.41) is 10.9. The molecule has 0 radical (unpaired) electrons. The Morgan fingerprint density at radius 3 is 2.64 bits per heavy atom. The lowest BCUT2D eigenvalue weighted by molar-refractivity contribution is 0.478. The lowest BCUT2D eigenvalue weighted by atomic mass is 10.1. The van der Waals surface area contributed by atoms with Crippen LogP contribution in [0, 0.1) is 0 Å². The molecule has 0 amide bonds. The van der Waals surface area contributed by atoms with Gasteiger partial charge >= 0.3 is 0 Å². The van der Waals surface area contributed by atoms with Crippen LogP contribution in [-0.2, 0) is 12.8 Å². The molecule has 0 saturated heterocycles. The first-order valence-electron chi connectivity index (χ1n) is 4.99. The molecule has 0 fully saturated rings. The zero-order valence-corrected chi connectivity index (χ0v) is 9.32. The Hall–Kier alpha value is -1.02. The van der Waals surface area contributed by atoms with Crippen LogP contribution in [0.4, 0.5) is 0 Å². The van der Waals surface area contributed by atoms with E-state index in [0.29, 0.717) is 5.75 Å². The number of aromatic hydroxyl groups is 1. The van der Waals surface area contributed by atoms with Crippen LogP contribution in [0.1, 0.15) is 24.3 Å². The first kappa shape index (κ1) is 9.53. The highest BCUT2D eigenvalue weighted by Gasteiger charge is 2.09. The molecule has 0 aliphatic carbocycles. The van der Waals surface area contributed by atoms with E-state index < -0.39 is 0 Å². The number of hydrogen-bond acceptors (Lipinski definition) is 2. The summed E-state index contributed by atoms with van der Waals surface area (Å²) in [5.74, 6) is 0.489. The molecule has 0 atom stereocenters. The van der Waals surface area contributed by atoms with E-state index in [4.69, 9.17) is 0 Å². The Bertz CT molecular complexity index is 457. The van der Waals surface area contributed by atoms with E-state index in [1.807, 2.05) is 0 Å². The standard InChI is InChI=1S/C12H14OS/c1-3-8-5-6-11-9(7-8)12(13)10(4-2)14-11/h5-7,13H,3-4H2,1-2H3. The summed E-state index contributed by atoms with van der Waals surface area (Å²) in [7, 11) is 0. The molecule has 1 heterocycles. The van der Waals surface area contributed by atoms with Crippen molar-refractivity contribution in [2.75, 3.05) is 0 Å². The first-order valence-corrected chi connectivity index (χ1v) is 5.81. The van der Waals surface area contributed by atoms with Gasteiger partial charge in [-0.25, -0.2) is 0 Å². The highest BCUT2D eigenvalue weighted by Crippen LogP contribution is 2.37. The van der Waals surface area contributed by atoms with Gasteiger partial charge in [-0.2, -0.15) is 0 Å². The quantitative estimate of drug-likeness (QED) is 0.793. The molecule has 14 heavy (non-hydrogen) atoms. The molecular weight excluding hydrogens is 192 g/mol. The molecule has 0 spiro atoms. The highest BCUT2D eigenvalue weighted by molar-refractivity contribution is 7.19. The zero-order valence-electron chi connectivity index (χ0n) is 8.50. The summed E-state index contributed by atoms with van der Waals surface area (Å²) < 4.78 is 1.19. The fourth-order valence-electron chi connectivity index (χ4n) is 1.64. The second-order valence-electron chi connectivity index (χ2n) is 3.41. The first-order chi connectivity index (χ1) is 6.76. The van der Waals surface area contributed by atoms with E-state index in [2.05, 4.69) is 32.0 Å².